The molecule has 0 aromatic carbocycles. The summed E-state index contributed by atoms with van der Waals surface area (Å²) in [5, 5.41) is 0. The zero-order chi connectivity index (χ0) is 11.0. The van der Waals surface area contributed by atoms with Crippen LogP contribution in [0.4, 0.5) is 13.2 Å². The van der Waals surface area contributed by atoms with E-state index in [1.54, 1.807) is 0 Å². The molecule has 14 heavy (non-hydrogen) atoms. The average Bonchev–Trinajstić information content (AvgIpc) is 2.33. The van der Waals surface area contributed by atoms with E-state index in [1.165, 1.54) is 13.2 Å². The Morgan fingerprint density at radius 2 is 2.07 bits per heavy atom. The van der Waals surface area contributed by atoms with Gasteiger partial charge in [-0.3, -0.25) is 0 Å². The van der Waals surface area contributed by atoms with Gasteiger partial charge in [0.2, 0.25) is 0 Å². The van der Waals surface area contributed by atoms with Gasteiger partial charge in [-0.2, -0.15) is 21.6 Å². The molecule has 1 aromatic rings. The Bertz CT molecular complexity index is 422. The Hall–Kier alpha value is -1.25. The standard InChI is InChI=1S/C5H5F3N2O3S/c1-10-3-2-9-4(10)13-14(11,12)5(6,7)8/h2-3H,1H3. The summed E-state index contributed by atoms with van der Waals surface area (Å²) in [6.07, 6.45) is 2.36. The molecule has 1 heterocycles. The number of alkyl halides is 3. The molecule has 0 atom stereocenters. The van der Waals surface area contributed by atoms with Gasteiger partial charge in [0.25, 0.3) is 0 Å². The normalized spacial score (nSPS) is 12.9. The summed E-state index contributed by atoms with van der Waals surface area (Å²) < 4.78 is 61.1. The lowest BCUT2D eigenvalue weighted by molar-refractivity contribution is -0.0503. The molecule has 0 bridgehead atoms. The molecule has 0 N–H and O–H groups in total. The van der Waals surface area contributed by atoms with Gasteiger partial charge in [-0.15, -0.1) is 0 Å². The van der Waals surface area contributed by atoms with Gasteiger partial charge >= 0.3 is 21.6 Å². The predicted octanol–water partition coefficient (Wildman–Crippen LogP) is 0.648. The van der Waals surface area contributed by atoms with Gasteiger partial charge in [0.15, 0.2) is 0 Å². The smallest absolute Gasteiger partial charge is 0.338 e. The van der Waals surface area contributed by atoms with Crippen LogP contribution in [0, 0.1) is 0 Å². The fraction of sp³-hybridized carbons (Fsp3) is 0.400. The van der Waals surface area contributed by atoms with E-state index in [4.69, 9.17) is 0 Å². The van der Waals surface area contributed by atoms with Crippen molar-refractivity contribution < 1.29 is 25.8 Å². The molecule has 0 amide bonds. The third-order valence-corrected chi connectivity index (χ3v) is 2.18. The first-order chi connectivity index (χ1) is 6.24. The number of hydrogen-bond donors (Lipinski definition) is 0. The molecule has 1 rings (SSSR count). The van der Waals surface area contributed by atoms with E-state index >= 15 is 0 Å². The summed E-state index contributed by atoms with van der Waals surface area (Å²) in [7, 11) is -4.33. The number of rotatable bonds is 2. The van der Waals surface area contributed by atoms with Crippen LogP contribution in [0.1, 0.15) is 0 Å². The fourth-order valence-corrected chi connectivity index (χ4v) is 1.03. The molecule has 0 aliphatic carbocycles. The molecule has 80 valence electrons. The Morgan fingerprint density at radius 3 is 2.43 bits per heavy atom. The van der Waals surface area contributed by atoms with E-state index < -0.39 is 21.6 Å². The Kier molecular flexibility index (Phi) is 2.44. The topological polar surface area (TPSA) is 61.2 Å². The van der Waals surface area contributed by atoms with Crippen LogP contribution in [-0.4, -0.2) is 23.5 Å². The second kappa shape index (κ2) is 3.15. The maximum atomic E-state index is 11.8. The van der Waals surface area contributed by atoms with Crippen molar-refractivity contribution in [3.8, 4) is 6.01 Å². The summed E-state index contributed by atoms with van der Waals surface area (Å²) in [6, 6.07) is -0.637. The number of aromatic nitrogens is 2. The SMILES string of the molecule is Cn1ccnc1OS(=O)(=O)C(F)(F)F. The van der Waals surface area contributed by atoms with Crippen molar-refractivity contribution in [3.63, 3.8) is 0 Å². The third kappa shape index (κ3) is 1.97. The van der Waals surface area contributed by atoms with Crippen molar-refractivity contribution in [1.82, 2.24) is 9.55 Å². The van der Waals surface area contributed by atoms with Crippen LogP contribution in [0.25, 0.3) is 0 Å². The molecule has 1 aromatic heterocycles. The van der Waals surface area contributed by atoms with Crippen molar-refractivity contribution in [3.05, 3.63) is 12.4 Å². The minimum Gasteiger partial charge on any atom is -0.338 e. The van der Waals surface area contributed by atoms with Crippen LogP contribution in [0.2, 0.25) is 0 Å². The van der Waals surface area contributed by atoms with E-state index in [2.05, 4.69) is 9.17 Å². The van der Waals surface area contributed by atoms with Crippen LogP contribution in [-0.2, 0) is 17.2 Å². The van der Waals surface area contributed by atoms with Gasteiger partial charge in [0.1, 0.15) is 0 Å². The number of halogens is 3. The van der Waals surface area contributed by atoms with Crippen LogP contribution >= 0.6 is 0 Å². The van der Waals surface area contributed by atoms with Crippen molar-refractivity contribution in [2.75, 3.05) is 0 Å². The van der Waals surface area contributed by atoms with Crippen molar-refractivity contribution >= 4 is 10.1 Å². The van der Waals surface area contributed by atoms with E-state index in [0.29, 0.717) is 0 Å². The lowest BCUT2D eigenvalue weighted by Gasteiger charge is -2.07. The number of nitrogens with zero attached hydrogens (tertiary/aromatic N) is 2. The number of hydrogen-bond acceptors (Lipinski definition) is 4. The monoisotopic (exact) mass is 230 g/mol. The Balaban J connectivity index is 2.96. The largest absolute Gasteiger partial charge is 0.534 e. The molecule has 0 aliphatic rings. The van der Waals surface area contributed by atoms with E-state index in [9.17, 15) is 21.6 Å². The summed E-state index contributed by atoms with van der Waals surface area (Å²) in [5.41, 5.74) is -5.45. The highest BCUT2D eigenvalue weighted by molar-refractivity contribution is 7.87. The predicted molar refractivity (Wildman–Crippen MR) is 38.8 cm³/mol. The van der Waals surface area contributed by atoms with Crippen molar-refractivity contribution in [1.29, 1.82) is 0 Å². The lowest BCUT2D eigenvalue weighted by atomic mass is 10.9. The summed E-state index contributed by atoms with van der Waals surface area (Å²) in [5.74, 6) is 0. The number of imidazole rings is 1. The van der Waals surface area contributed by atoms with Gasteiger partial charge in [-0.05, 0) is 0 Å². The summed E-state index contributed by atoms with van der Waals surface area (Å²) in [6.45, 7) is 0. The molecule has 0 spiro atoms. The van der Waals surface area contributed by atoms with Gasteiger partial charge in [0, 0.05) is 19.4 Å². The highest BCUT2D eigenvalue weighted by atomic mass is 32.2. The third-order valence-electron chi connectivity index (χ3n) is 1.24. The van der Waals surface area contributed by atoms with Gasteiger partial charge < -0.3 is 8.75 Å². The van der Waals surface area contributed by atoms with Crippen LogP contribution < -0.4 is 4.18 Å². The maximum absolute atomic E-state index is 11.8. The van der Waals surface area contributed by atoms with E-state index in [1.807, 2.05) is 0 Å². The highest BCUT2D eigenvalue weighted by Gasteiger charge is 2.49. The van der Waals surface area contributed by atoms with E-state index in [-0.39, 0.29) is 0 Å². The molecule has 0 saturated carbocycles. The maximum Gasteiger partial charge on any atom is 0.534 e. The molecule has 5 nitrogen and oxygen atoms in total. The quantitative estimate of drug-likeness (QED) is 0.552. The Morgan fingerprint density at radius 1 is 1.50 bits per heavy atom. The molecule has 0 aliphatic heterocycles. The molecule has 0 unspecified atom stereocenters. The van der Waals surface area contributed by atoms with E-state index in [0.717, 1.165) is 10.8 Å². The molecule has 9 heteroatoms. The molecule has 0 fully saturated rings. The average molecular weight is 230 g/mol. The second-order valence-corrected chi connectivity index (χ2v) is 3.84. The first-order valence-corrected chi connectivity index (χ1v) is 4.63. The van der Waals surface area contributed by atoms with Crippen LogP contribution in [0.3, 0.4) is 0 Å². The summed E-state index contributed by atoms with van der Waals surface area (Å²) in [4.78, 5) is 3.28. The van der Waals surface area contributed by atoms with Gasteiger partial charge in [-0.1, -0.05) is 0 Å². The molecular formula is C5H5F3N2O3S. The Labute approximate surface area is 77.2 Å². The number of aryl methyl sites for hydroxylation is 1. The molecule has 0 saturated heterocycles. The highest BCUT2D eigenvalue weighted by Crippen LogP contribution is 2.25. The first kappa shape index (κ1) is 10.8. The minimum absolute atomic E-state index is 0.637. The molecule has 0 radical (unpaired) electrons. The van der Waals surface area contributed by atoms with Crippen molar-refractivity contribution in [2.45, 2.75) is 5.51 Å². The van der Waals surface area contributed by atoms with Crippen LogP contribution in [0.5, 0.6) is 6.01 Å². The van der Waals surface area contributed by atoms with Crippen LogP contribution in [0.15, 0.2) is 12.4 Å². The lowest BCUT2D eigenvalue weighted by Crippen LogP contribution is -2.28. The zero-order valence-corrected chi connectivity index (χ0v) is 7.63. The summed E-state index contributed by atoms with van der Waals surface area (Å²) >= 11 is 0. The van der Waals surface area contributed by atoms with Gasteiger partial charge in [0.05, 0.1) is 0 Å². The minimum atomic E-state index is -5.63. The van der Waals surface area contributed by atoms with Gasteiger partial charge in [-0.25, -0.2) is 4.98 Å². The zero-order valence-electron chi connectivity index (χ0n) is 6.82. The second-order valence-electron chi connectivity index (χ2n) is 2.30. The molecular weight excluding hydrogens is 225 g/mol. The van der Waals surface area contributed by atoms with Crippen molar-refractivity contribution in [2.24, 2.45) is 7.05 Å². The first-order valence-electron chi connectivity index (χ1n) is 3.22. The fourth-order valence-electron chi connectivity index (χ4n) is 0.578.